The summed E-state index contributed by atoms with van der Waals surface area (Å²) in [7, 11) is 1.54. The molecule has 4 rings (SSSR count). The molecule has 1 amide bonds. The van der Waals surface area contributed by atoms with E-state index in [4.69, 9.17) is 19.2 Å². The van der Waals surface area contributed by atoms with Crippen molar-refractivity contribution in [2.75, 3.05) is 40.0 Å². The van der Waals surface area contributed by atoms with Gasteiger partial charge in [0.05, 0.1) is 37.4 Å². The molecule has 0 radical (unpaired) electrons. The molecule has 1 aromatic heterocycles. The molecule has 2 aromatic carbocycles. The zero-order valence-corrected chi connectivity index (χ0v) is 23.9. The van der Waals surface area contributed by atoms with Gasteiger partial charge in [0.2, 0.25) is 0 Å². The number of aryl methyl sites for hydroxylation is 1. The van der Waals surface area contributed by atoms with Crippen LogP contribution in [0, 0.1) is 0 Å². The molecular weight excluding hydrogens is 564 g/mol. The van der Waals surface area contributed by atoms with Gasteiger partial charge in [0.25, 0.3) is 11.5 Å². The lowest BCUT2D eigenvalue weighted by Crippen LogP contribution is -2.43. The lowest BCUT2D eigenvalue weighted by Gasteiger charge is -2.27. The summed E-state index contributed by atoms with van der Waals surface area (Å²) >= 11 is 3.44. The third-order valence-electron chi connectivity index (χ3n) is 6.39. The fraction of sp³-hybridized carbons (Fsp3) is 0.379. The first kappa shape index (κ1) is 28.5. The quantitative estimate of drug-likeness (QED) is 0.241. The number of nitrogens with zero attached hydrogens (tertiary/aromatic N) is 4. The number of aromatic nitrogens is 2. The third-order valence-corrected chi connectivity index (χ3v) is 6.89. The number of morpholine rings is 1. The van der Waals surface area contributed by atoms with E-state index in [0.717, 1.165) is 22.9 Å². The van der Waals surface area contributed by atoms with Gasteiger partial charge in [-0.3, -0.25) is 9.59 Å². The van der Waals surface area contributed by atoms with Crippen molar-refractivity contribution in [1.29, 1.82) is 0 Å². The molecule has 1 aliphatic heterocycles. The highest BCUT2D eigenvalue weighted by Gasteiger charge is 2.20. The van der Waals surface area contributed by atoms with Gasteiger partial charge >= 0.3 is 0 Å². The molecule has 0 bridgehead atoms. The Morgan fingerprint density at radius 3 is 2.77 bits per heavy atom. The number of halogens is 1. The molecule has 206 valence electrons. The number of ether oxygens (including phenoxy) is 3. The summed E-state index contributed by atoms with van der Waals surface area (Å²) < 4.78 is 19.1. The Bertz CT molecular complexity index is 1430. The zero-order valence-electron chi connectivity index (χ0n) is 22.3. The van der Waals surface area contributed by atoms with Crippen LogP contribution in [0.25, 0.3) is 10.9 Å². The number of rotatable bonds is 11. The van der Waals surface area contributed by atoms with Crippen molar-refractivity contribution in [1.82, 2.24) is 14.6 Å². The number of benzene rings is 2. The number of fused-ring (bicyclic) bond motifs is 1. The van der Waals surface area contributed by atoms with Crippen molar-refractivity contribution in [3.05, 3.63) is 74.8 Å². The second-order valence-electron chi connectivity index (χ2n) is 9.14. The highest BCUT2D eigenvalue weighted by atomic mass is 79.9. The average Bonchev–Trinajstić information content (AvgIpc) is 2.95. The van der Waals surface area contributed by atoms with Gasteiger partial charge in [0.1, 0.15) is 5.82 Å². The van der Waals surface area contributed by atoms with E-state index in [0.29, 0.717) is 72.9 Å². The summed E-state index contributed by atoms with van der Waals surface area (Å²) in [5.41, 5.74) is 1.91. The van der Waals surface area contributed by atoms with E-state index in [2.05, 4.69) is 34.5 Å². The van der Waals surface area contributed by atoms with Crippen LogP contribution in [0.15, 0.2) is 57.4 Å². The molecule has 10 heteroatoms. The van der Waals surface area contributed by atoms with Crippen molar-refractivity contribution >= 4 is 39.0 Å². The maximum atomic E-state index is 13.4. The number of allylic oxidation sites excluding steroid dienone is 1. The number of carbonyl (C=O) groups excluding carboxylic acids is 1. The minimum Gasteiger partial charge on any atom is -0.493 e. The molecule has 0 saturated carbocycles. The Balaban J connectivity index is 1.67. The second-order valence-corrected chi connectivity index (χ2v) is 10.1. The van der Waals surface area contributed by atoms with Crippen molar-refractivity contribution in [2.24, 2.45) is 5.10 Å². The van der Waals surface area contributed by atoms with Crippen LogP contribution in [-0.4, -0.2) is 66.7 Å². The van der Waals surface area contributed by atoms with Crippen LogP contribution in [0.5, 0.6) is 11.5 Å². The molecule has 9 nitrogen and oxygen atoms in total. The normalized spacial score (nSPS) is 13.7. The van der Waals surface area contributed by atoms with Crippen LogP contribution in [0.1, 0.15) is 36.7 Å². The monoisotopic (exact) mass is 596 g/mol. The molecule has 0 unspecified atom stereocenters. The summed E-state index contributed by atoms with van der Waals surface area (Å²) in [6.07, 6.45) is 6.34. The van der Waals surface area contributed by atoms with Crippen LogP contribution in [0.4, 0.5) is 0 Å². The van der Waals surface area contributed by atoms with Gasteiger partial charge in [0, 0.05) is 29.5 Å². The number of methoxy groups -OCH3 is 1. The molecule has 1 aliphatic rings. The first-order valence-electron chi connectivity index (χ1n) is 13.0. The topological polar surface area (TPSA) is 95.2 Å². The molecule has 0 aliphatic carbocycles. The Labute approximate surface area is 236 Å². The van der Waals surface area contributed by atoms with E-state index < -0.39 is 0 Å². The Morgan fingerprint density at radius 2 is 2.05 bits per heavy atom. The molecule has 0 atom stereocenters. The Kier molecular flexibility index (Phi) is 9.89. The van der Waals surface area contributed by atoms with E-state index in [1.807, 2.05) is 18.2 Å². The smallest absolute Gasteiger partial charge is 0.282 e. The summed E-state index contributed by atoms with van der Waals surface area (Å²) in [6.45, 7) is 7.99. The number of carbonyl (C=O) groups is 1. The Hall–Kier alpha value is -3.50. The minimum absolute atomic E-state index is 0.107. The van der Waals surface area contributed by atoms with E-state index in [1.54, 1.807) is 36.4 Å². The molecule has 1 fully saturated rings. The van der Waals surface area contributed by atoms with E-state index in [9.17, 15) is 9.59 Å². The molecule has 0 N–H and O–H groups in total. The standard InChI is InChI=1S/C29H33BrN4O5/c1-4-6-8-26-32-24-10-9-22(30)17-23(24)29(36)34(26)31-18-20-15-21(7-5-2)28(25(16-20)37-3)39-19-27(35)33-11-13-38-14-12-33/h5,9-10,15-18H,2,4,6-8,11-14,19H2,1,3H3. The van der Waals surface area contributed by atoms with Crippen molar-refractivity contribution in [2.45, 2.75) is 32.6 Å². The summed E-state index contributed by atoms with van der Waals surface area (Å²) in [4.78, 5) is 32.5. The number of amides is 1. The summed E-state index contributed by atoms with van der Waals surface area (Å²) in [5, 5.41) is 5.04. The predicted octanol–water partition coefficient (Wildman–Crippen LogP) is 4.36. The predicted molar refractivity (Wildman–Crippen MR) is 155 cm³/mol. The van der Waals surface area contributed by atoms with Gasteiger partial charge in [-0.1, -0.05) is 35.4 Å². The molecule has 1 saturated heterocycles. The minimum atomic E-state index is -0.233. The molecule has 0 spiro atoms. The molecule has 3 aromatic rings. The number of hydrogen-bond acceptors (Lipinski definition) is 7. The fourth-order valence-corrected chi connectivity index (χ4v) is 4.71. The lowest BCUT2D eigenvalue weighted by molar-refractivity contribution is -0.137. The largest absolute Gasteiger partial charge is 0.493 e. The highest BCUT2D eigenvalue weighted by Crippen LogP contribution is 2.33. The molecular formula is C29H33BrN4O5. The van der Waals surface area contributed by atoms with E-state index in [-0.39, 0.29) is 18.1 Å². The third kappa shape index (κ3) is 6.93. The van der Waals surface area contributed by atoms with Crippen LogP contribution in [0.2, 0.25) is 0 Å². The van der Waals surface area contributed by atoms with Crippen LogP contribution in [0.3, 0.4) is 0 Å². The molecule has 39 heavy (non-hydrogen) atoms. The van der Waals surface area contributed by atoms with Gasteiger partial charge in [-0.15, -0.1) is 6.58 Å². The zero-order chi connectivity index (χ0) is 27.8. The van der Waals surface area contributed by atoms with E-state index >= 15 is 0 Å². The van der Waals surface area contributed by atoms with E-state index in [1.165, 1.54) is 4.68 Å². The first-order chi connectivity index (χ1) is 18.9. The van der Waals surface area contributed by atoms with Crippen molar-refractivity contribution in [3.63, 3.8) is 0 Å². The van der Waals surface area contributed by atoms with Crippen LogP contribution >= 0.6 is 15.9 Å². The molecule has 2 heterocycles. The fourth-order valence-electron chi connectivity index (χ4n) is 4.35. The van der Waals surface area contributed by atoms with Crippen LogP contribution in [-0.2, 0) is 22.4 Å². The van der Waals surface area contributed by atoms with Crippen molar-refractivity contribution in [3.8, 4) is 11.5 Å². The Morgan fingerprint density at radius 1 is 1.26 bits per heavy atom. The number of hydrogen-bond donors (Lipinski definition) is 0. The van der Waals surface area contributed by atoms with Crippen LogP contribution < -0.4 is 15.0 Å². The summed E-state index contributed by atoms with van der Waals surface area (Å²) in [5.74, 6) is 1.44. The highest BCUT2D eigenvalue weighted by molar-refractivity contribution is 9.10. The van der Waals surface area contributed by atoms with Gasteiger partial charge in [-0.25, -0.2) is 4.98 Å². The van der Waals surface area contributed by atoms with Gasteiger partial charge in [0.15, 0.2) is 18.1 Å². The second kappa shape index (κ2) is 13.5. The first-order valence-corrected chi connectivity index (χ1v) is 13.8. The SMILES string of the molecule is C=CCc1cc(C=Nn2c(CCCC)nc3ccc(Br)cc3c2=O)cc(OC)c1OCC(=O)N1CCOCC1. The summed E-state index contributed by atoms with van der Waals surface area (Å²) in [6, 6.07) is 9.13. The van der Waals surface area contributed by atoms with Crippen molar-refractivity contribution < 1.29 is 19.0 Å². The lowest BCUT2D eigenvalue weighted by atomic mass is 10.1. The van der Waals surface area contributed by atoms with Gasteiger partial charge in [-0.05, 0) is 48.7 Å². The van der Waals surface area contributed by atoms with Gasteiger partial charge in [-0.2, -0.15) is 9.78 Å². The number of unbranched alkanes of at least 4 members (excludes halogenated alkanes) is 1. The average molecular weight is 598 g/mol. The maximum Gasteiger partial charge on any atom is 0.282 e. The maximum absolute atomic E-state index is 13.4. The van der Waals surface area contributed by atoms with Gasteiger partial charge < -0.3 is 19.1 Å².